The summed E-state index contributed by atoms with van der Waals surface area (Å²) in [5, 5.41) is 24.4. The normalized spacial score (nSPS) is 12.6. The molecule has 1 fully saturated rings. The number of aromatic nitrogens is 2. The van der Waals surface area contributed by atoms with Crippen LogP contribution in [-0.4, -0.2) is 81.1 Å². The van der Waals surface area contributed by atoms with Gasteiger partial charge in [-0.05, 0) is 0 Å². The summed E-state index contributed by atoms with van der Waals surface area (Å²) < 4.78 is 16.5. The van der Waals surface area contributed by atoms with Crippen LogP contribution in [0.3, 0.4) is 0 Å². The van der Waals surface area contributed by atoms with Crippen LogP contribution in [0.4, 0.5) is 14.7 Å². The summed E-state index contributed by atoms with van der Waals surface area (Å²) in [6, 6.07) is 0. The molecule has 3 rings (SSSR count). The van der Waals surface area contributed by atoms with Gasteiger partial charge in [0.1, 0.15) is 34.3 Å². The van der Waals surface area contributed by atoms with Crippen molar-refractivity contribution in [1.82, 2.24) is 14.4 Å². The fourth-order valence-electron chi connectivity index (χ4n) is 2.03. The van der Waals surface area contributed by atoms with Gasteiger partial charge in [-0.3, -0.25) is 14.0 Å². The van der Waals surface area contributed by atoms with Gasteiger partial charge in [-0.2, -0.15) is 4.42 Å². The van der Waals surface area contributed by atoms with Gasteiger partial charge in [-0.15, -0.1) is 0 Å². The van der Waals surface area contributed by atoms with Crippen LogP contribution in [0.15, 0.2) is 10.3 Å². The number of carboxylic acid groups (broad SMARTS) is 2. The van der Waals surface area contributed by atoms with E-state index in [1.54, 1.807) is 0 Å². The topological polar surface area (TPSA) is 233 Å². The SMILES string of the molecule is C.C.CO/N=C(\C(=O)O)c1nc(N)sc1Cl.CO/N=C(\C(=O)O)c1nc(N)sc1Cl.O=C1CCC(=O)N1Cl.[2H]CF. The lowest BCUT2D eigenvalue weighted by molar-refractivity contribution is -0.133. The van der Waals surface area contributed by atoms with E-state index in [0.29, 0.717) is 4.42 Å². The fraction of sp³-hybridized carbons (Fsp3) is 0.368. The molecule has 0 radical (unpaired) electrons. The number of imide groups is 1. The third-order valence-corrected chi connectivity index (χ3v) is 5.96. The van der Waals surface area contributed by atoms with E-state index in [1.165, 1.54) is 14.2 Å². The van der Waals surface area contributed by atoms with Gasteiger partial charge in [-0.25, -0.2) is 19.6 Å². The van der Waals surface area contributed by atoms with Crippen molar-refractivity contribution in [2.24, 2.45) is 10.3 Å². The number of alkyl halides is 1. The summed E-state index contributed by atoms with van der Waals surface area (Å²) in [5.41, 5.74) is 9.99. The molecule has 0 unspecified atom stereocenters. The van der Waals surface area contributed by atoms with Crippen molar-refractivity contribution in [3.63, 3.8) is 0 Å². The second-order valence-corrected chi connectivity index (χ2v) is 9.38. The summed E-state index contributed by atoms with van der Waals surface area (Å²) >= 11 is 18.5. The monoisotopic (exact) mass is 670 g/mol. The van der Waals surface area contributed by atoms with E-state index in [2.05, 4.69) is 30.0 Å². The van der Waals surface area contributed by atoms with Gasteiger partial charge >= 0.3 is 11.9 Å². The Morgan fingerprint density at radius 2 is 1.25 bits per heavy atom. The Bertz CT molecular complexity index is 1140. The number of carboxylic acids is 2. The molecule has 0 spiro atoms. The number of nitrogen functional groups attached to an aromatic ring is 2. The molecule has 0 aliphatic carbocycles. The molecule has 3 heterocycles. The Hall–Kier alpha value is -3.32. The maximum Gasteiger partial charge on any atom is 0.360 e. The minimum absolute atomic E-state index is 0. The standard InChI is InChI=1S/2C6H6ClN3O3S.C4H4ClNO2.CH3F.2CH4/c2*1-13-10-3(5(11)12)2-4(7)14-6(8)9-2;5-6-3(7)1-2-4(6)8;1-2;;/h2*1H3,(H2,8,9)(H,11,12);1-2H2;1H3;2*1H4/b2*10-3-;;;;/i;;;1D;;. The molecule has 2 aromatic rings. The molecule has 21 heteroatoms. The molecule has 0 atom stereocenters. The van der Waals surface area contributed by atoms with E-state index in [-0.39, 0.29) is 81.3 Å². The zero-order valence-corrected chi connectivity index (χ0v) is 23.1. The Kier molecular flexibility index (Phi) is 20.0. The van der Waals surface area contributed by atoms with Crippen LogP contribution in [-0.2, 0) is 28.9 Å². The molecule has 0 aromatic carbocycles. The number of oxime groups is 2. The maximum absolute atomic E-state index is 10.7. The number of aliphatic carboxylic acids is 2. The molecule has 0 bridgehead atoms. The lowest BCUT2D eigenvalue weighted by Crippen LogP contribution is -2.16. The fourth-order valence-corrected chi connectivity index (χ4v) is 4.05. The number of anilines is 2. The van der Waals surface area contributed by atoms with E-state index < -0.39 is 19.1 Å². The van der Waals surface area contributed by atoms with Crippen LogP contribution < -0.4 is 11.5 Å². The lowest BCUT2D eigenvalue weighted by Gasteiger charge is -1.96. The molecule has 1 aliphatic heterocycles. The number of rotatable bonds is 6. The lowest BCUT2D eigenvalue weighted by atomic mass is 10.3. The first-order valence-corrected chi connectivity index (χ1v) is 11.9. The minimum atomic E-state index is -1.28. The van der Waals surface area contributed by atoms with Crippen LogP contribution in [0, 0.1) is 0 Å². The number of halogens is 4. The summed E-state index contributed by atoms with van der Waals surface area (Å²) in [4.78, 5) is 58.3. The van der Waals surface area contributed by atoms with E-state index in [4.69, 9.17) is 58.0 Å². The Morgan fingerprint density at radius 3 is 1.40 bits per heavy atom. The summed E-state index contributed by atoms with van der Waals surface area (Å²) in [6.07, 6.45) is 0.532. The first kappa shape index (κ1) is 38.8. The second-order valence-electron chi connectivity index (χ2n) is 5.77. The number of hydrogen-bond acceptors (Lipinski definition) is 14. The average Bonchev–Trinajstić information content (AvgIpc) is 3.47. The molecular formula is C19H27Cl3FN7O8S2. The minimum Gasteiger partial charge on any atom is -0.476 e. The molecular weight excluding hydrogens is 644 g/mol. The number of hydrogen-bond donors (Lipinski definition) is 4. The van der Waals surface area contributed by atoms with E-state index >= 15 is 0 Å². The first-order chi connectivity index (χ1) is 18.2. The van der Waals surface area contributed by atoms with Crippen molar-refractivity contribution in [2.75, 3.05) is 32.8 Å². The van der Waals surface area contributed by atoms with Gasteiger partial charge < -0.3 is 31.4 Å². The van der Waals surface area contributed by atoms with Crippen LogP contribution in [0.1, 0.15) is 40.5 Å². The van der Waals surface area contributed by atoms with Crippen LogP contribution in [0.5, 0.6) is 0 Å². The summed E-state index contributed by atoms with van der Waals surface area (Å²) in [7, 11) is 1.46. The van der Waals surface area contributed by atoms with Gasteiger partial charge in [0.25, 0.3) is 0 Å². The van der Waals surface area contributed by atoms with Crippen molar-refractivity contribution in [1.29, 1.82) is 0 Å². The highest BCUT2D eigenvalue weighted by Gasteiger charge is 2.27. The summed E-state index contributed by atoms with van der Waals surface area (Å²) in [5.74, 6) is -3.15. The van der Waals surface area contributed by atoms with Crippen molar-refractivity contribution in [3.05, 3.63) is 20.1 Å². The molecule has 1 saturated heterocycles. The Morgan fingerprint density at radius 1 is 0.950 bits per heavy atom. The molecule has 6 N–H and O–H groups in total. The van der Waals surface area contributed by atoms with E-state index in [1.807, 2.05) is 0 Å². The highest BCUT2D eigenvalue weighted by atomic mass is 35.5. The van der Waals surface area contributed by atoms with Crippen LogP contribution in [0.25, 0.3) is 0 Å². The largest absolute Gasteiger partial charge is 0.476 e. The van der Waals surface area contributed by atoms with Gasteiger partial charge in [0.2, 0.25) is 23.2 Å². The van der Waals surface area contributed by atoms with Crippen LogP contribution in [0.2, 0.25) is 8.67 Å². The second kappa shape index (κ2) is 20.6. The smallest absolute Gasteiger partial charge is 0.360 e. The zero-order chi connectivity index (χ0) is 30.3. The Balaban J connectivity index is -0.000000506. The van der Waals surface area contributed by atoms with Crippen LogP contribution >= 0.6 is 57.7 Å². The number of carbonyl (C=O) groups excluding carboxylic acids is 2. The number of nitrogens with zero attached hydrogens (tertiary/aromatic N) is 5. The number of nitrogens with two attached hydrogens (primary N) is 2. The molecule has 0 saturated carbocycles. The molecule has 2 aromatic heterocycles. The van der Waals surface area contributed by atoms with E-state index in [9.17, 15) is 23.6 Å². The van der Waals surface area contributed by atoms with Crippen molar-refractivity contribution >= 4 is 103 Å². The predicted octanol–water partition coefficient (Wildman–Crippen LogP) is 3.77. The Labute approximate surface area is 252 Å². The predicted molar refractivity (Wildman–Crippen MR) is 153 cm³/mol. The molecule has 40 heavy (non-hydrogen) atoms. The van der Waals surface area contributed by atoms with Crippen molar-refractivity contribution in [3.8, 4) is 0 Å². The average molecular weight is 672 g/mol. The van der Waals surface area contributed by atoms with Crippen molar-refractivity contribution in [2.45, 2.75) is 27.7 Å². The van der Waals surface area contributed by atoms with Gasteiger partial charge in [0.05, 0.1) is 8.52 Å². The first-order valence-electron chi connectivity index (χ1n) is 9.86. The summed E-state index contributed by atoms with van der Waals surface area (Å²) in [6.45, 7) is 0. The van der Waals surface area contributed by atoms with Gasteiger partial charge in [0.15, 0.2) is 10.3 Å². The molecule has 226 valence electrons. The quantitative estimate of drug-likeness (QED) is 0.149. The van der Waals surface area contributed by atoms with E-state index in [0.717, 1.165) is 22.7 Å². The highest BCUT2D eigenvalue weighted by Crippen LogP contribution is 2.27. The molecule has 2 amide bonds. The zero-order valence-electron chi connectivity index (χ0n) is 20.2. The van der Waals surface area contributed by atoms with Gasteiger partial charge in [-0.1, -0.05) is 71.0 Å². The van der Waals surface area contributed by atoms with Crippen molar-refractivity contribution < 1.29 is 44.8 Å². The highest BCUT2D eigenvalue weighted by molar-refractivity contribution is 7.20. The molecule has 1 aliphatic rings. The number of amides is 2. The number of carbonyl (C=O) groups is 4. The molecule has 15 nitrogen and oxygen atoms in total. The number of thiazole rings is 2. The van der Waals surface area contributed by atoms with Gasteiger partial charge in [0, 0.05) is 24.6 Å². The third kappa shape index (κ3) is 12.7. The third-order valence-electron chi connectivity index (χ3n) is 3.41. The maximum atomic E-state index is 10.7.